The van der Waals surface area contributed by atoms with E-state index >= 15 is 0 Å². The van der Waals surface area contributed by atoms with Crippen LogP contribution in [-0.2, 0) is 9.59 Å². The summed E-state index contributed by atoms with van der Waals surface area (Å²) < 4.78 is 0. The molecule has 0 aliphatic heterocycles. The number of hydrogen-bond donors (Lipinski definition) is 2. The van der Waals surface area contributed by atoms with Gasteiger partial charge >= 0.3 is 5.97 Å². The van der Waals surface area contributed by atoms with Gasteiger partial charge in [0.1, 0.15) is 0 Å². The van der Waals surface area contributed by atoms with Crippen molar-refractivity contribution in [3.05, 3.63) is 11.6 Å². The first-order chi connectivity index (χ1) is 15.7. The largest absolute Gasteiger partial charge is 0.481 e. The van der Waals surface area contributed by atoms with Crippen LogP contribution in [0.25, 0.3) is 0 Å². The average molecular weight is 471 g/mol. The number of ketones is 1. The molecular weight excluding hydrogens is 424 g/mol. The maximum atomic E-state index is 14.2. The zero-order valence-corrected chi connectivity index (χ0v) is 22.4. The van der Waals surface area contributed by atoms with Gasteiger partial charge in [-0.2, -0.15) is 0 Å². The zero-order chi connectivity index (χ0) is 25.1. The molecule has 0 saturated heterocycles. The topological polar surface area (TPSA) is 74.6 Å². The molecule has 5 aliphatic rings. The lowest BCUT2D eigenvalue weighted by atomic mass is 9.33. The normalized spacial score (nSPS) is 56.9. The van der Waals surface area contributed by atoms with Crippen LogP contribution >= 0.6 is 0 Å². The molecule has 4 nitrogen and oxygen atoms in total. The molecule has 2 N–H and O–H groups in total. The molecule has 11 atom stereocenters. The van der Waals surface area contributed by atoms with Crippen molar-refractivity contribution in [1.29, 1.82) is 0 Å². The number of aliphatic carboxylic acids is 1. The zero-order valence-electron chi connectivity index (χ0n) is 22.4. The van der Waals surface area contributed by atoms with Gasteiger partial charge < -0.3 is 10.2 Å². The van der Waals surface area contributed by atoms with Crippen LogP contribution < -0.4 is 0 Å². The SMILES string of the molecule is C[C@@H]1[C@H](C)CC[C@]2(C)CC[C@]3(C)C(=CC(=O)[C@@H]4[C@]5(C)CC[C@H](O)[C@](C)(C(=O)O)[C@@H]5CC[C@@]43C)[C@H]12. The smallest absolute Gasteiger partial charge is 0.312 e. The van der Waals surface area contributed by atoms with Gasteiger partial charge in [-0.1, -0.05) is 47.1 Å². The summed E-state index contributed by atoms with van der Waals surface area (Å²) >= 11 is 0. The molecular formula is C30H46O4. The first kappa shape index (κ1) is 24.5. The molecule has 0 aromatic carbocycles. The van der Waals surface area contributed by atoms with Crippen molar-refractivity contribution < 1.29 is 19.8 Å². The van der Waals surface area contributed by atoms with Crippen molar-refractivity contribution in [2.45, 2.75) is 106 Å². The third kappa shape index (κ3) is 2.70. The minimum absolute atomic E-state index is 0.0370. The number of carbonyl (C=O) groups excluding carboxylic acids is 1. The summed E-state index contributed by atoms with van der Waals surface area (Å²) in [6.07, 6.45) is 8.89. The van der Waals surface area contributed by atoms with Crippen LogP contribution in [-0.4, -0.2) is 28.1 Å². The number of aliphatic hydroxyl groups excluding tert-OH is 1. The highest BCUT2D eigenvalue weighted by Crippen LogP contribution is 2.75. The summed E-state index contributed by atoms with van der Waals surface area (Å²) in [4.78, 5) is 26.7. The second-order valence-electron chi connectivity index (χ2n) is 14.4. The summed E-state index contributed by atoms with van der Waals surface area (Å²) in [6, 6.07) is 0. The van der Waals surface area contributed by atoms with Crippen LogP contribution in [0.3, 0.4) is 0 Å². The number of carboxylic acids is 1. The van der Waals surface area contributed by atoms with Crippen molar-refractivity contribution in [3.63, 3.8) is 0 Å². The molecule has 4 saturated carbocycles. The Morgan fingerprint density at radius 2 is 1.62 bits per heavy atom. The third-order valence-electron chi connectivity index (χ3n) is 13.2. The number of hydrogen-bond acceptors (Lipinski definition) is 3. The summed E-state index contributed by atoms with van der Waals surface area (Å²) in [5, 5.41) is 21.1. The molecule has 4 fully saturated rings. The number of allylic oxidation sites excluding steroid dienone is 2. The molecule has 34 heavy (non-hydrogen) atoms. The average Bonchev–Trinajstić information content (AvgIpc) is 2.75. The Labute approximate surface area is 206 Å². The van der Waals surface area contributed by atoms with E-state index < -0.39 is 22.9 Å². The standard InChI is InChI=1S/C30H46O4/c1-17-8-11-26(3)14-15-28(5)19(23(26)18(17)2)16-20(31)24-27(4)12-10-22(32)30(7,25(33)34)21(27)9-13-29(24,28)6/h16-18,21-24,32H,8-15H2,1-7H3,(H,33,34)/t17-,18-,21-,22+,23+,24-,26-,27-,28-,29+,30-/m1/s1. The van der Waals surface area contributed by atoms with Gasteiger partial charge in [0.15, 0.2) is 5.78 Å². The van der Waals surface area contributed by atoms with E-state index in [1.807, 2.05) is 0 Å². The van der Waals surface area contributed by atoms with Gasteiger partial charge in [-0.15, -0.1) is 0 Å². The van der Waals surface area contributed by atoms with E-state index in [-0.39, 0.29) is 33.9 Å². The quantitative estimate of drug-likeness (QED) is 0.474. The van der Waals surface area contributed by atoms with Crippen molar-refractivity contribution in [3.8, 4) is 0 Å². The van der Waals surface area contributed by atoms with Crippen LogP contribution in [0.1, 0.15) is 99.8 Å². The summed E-state index contributed by atoms with van der Waals surface area (Å²) in [5.41, 5.74) is -0.124. The van der Waals surface area contributed by atoms with Gasteiger partial charge in [0, 0.05) is 5.92 Å². The predicted octanol–water partition coefficient (Wildman–Crippen LogP) is 6.27. The van der Waals surface area contributed by atoms with E-state index in [2.05, 4.69) is 47.6 Å². The Hall–Kier alpha value is -1.16. The van der Waals surface area contributed by atoms with Crippen LogP contribution in [0, 0.1) is 56.7 Å². The summed E-state index contributed by atoms with van der Waals surface area (Å²) in [7, 11) is 0. The lowest BCUT2D eigenvalue weighted by molar-refractivity contribution is -0.215. The van der Waals surface area contributed by atoms with Crippen molar-refractivity contribution in [2.24, 2.45) is 56.7 Å². The highest BCUT2D eigenvalue weighted by atomic mass is 16.4. The van der Waals surface area contributed by atoms with Gasteiger partial charge in [-0.05, 0) is 110 Å². The van der Waals surface area contributed by atoms with Gasteiger partial charge in [-0.25, -0.2) is 0 Å². The molecule has 0 radical (unpaired) electrons. The van der Waals surface area contributed by atoms with E-state index in [0.717, 1.165) is 25.7 Å². The van der Waals surface area contributed by atoms with Crippen LogP contribution in [0.2, 0.25) is 0 Å². The minimum Gasteiger partial charge on any atom is -0.481 e. The molecule has 5 rings (SSSR count). The molecule has 0 bridgehead atoms. The van der Waals surface area contributed by atoms with E-state index in [9.17, 15) is 19.8 Å². The van der Waals surface area contributed by atoms with Crippen molar-refractivity contribution in [1.82, 2.24) is 0 Å². The van der Waals surface area contributed by atoms with Crippen molar-refractivity contribution >= 4 is 11.8 Å². The van der Waals surface area contributed by atoms with Crippen LogP contribution in [0.15, 0.2) is 11.6 Å². The monoisotopic (exact) mass is 470 g/mol. The number of aliphatic hydroxyl groups is 1. The Morgan fingerprint density at radius 1 is 0.941 bits per heavy atom. The molecule has 0 unspecified atom stereocenters. The Morgan fingerprint density at radius 3 is 2.26 bits per heavy atom. The molecule has 0 aromatic heterocycles. The Kier molecular flexibility index (Phi) is 5.20. The number of carboxylic acid groups (broad SMARTS) is 1. The fourth-order valence-electron chi connectivity index (χ4n) is 10.7. The minimum atomic E-state index is -1.20. The fourth-order valence-corrected chi connectivity index (χ4v) is 10.7. The third-order valence-corrected chi connectivity index (χ3v) is 13.2. The molecule has 5 aliphatic carbocycles. The number of rotatable bonds is 1. The van der Waals surface area contributed by atoms with Crippen LogP contribution in [0.5, 0.6) is 0 Å². The first-order valence-corrected chi connectivity index (χ1v) is 13.8. The highest BCUT2D eigenvalue weighted by Gasteiger charge is 2.71. The van der Waals surface area contributed by atoms with Gasteiger partial charge in [0.05, 0.1) is 11.5 Å². The fraction of sp³-hybridized carbons (Fsp3) is 0.867. The second kappa shape index (κ2) is 7.20. The predicted molar refractivity (Wildman–Crippen MR) is 133 cm³/mol. The molecule has 0 heterocycles. The Bertz CT molecular complexity index is 953. The van der Waals surface area contributed by atoms with E-state index in [1.54, 1.807) is 6.92 Å². The maximum absolute atomic E-state index is 14.2. The molecule has 0 aromatic rings. The molecule has 4 heteroatoms. The molecule has 0 spiro atoms. The number of fused-ring (bicyclic) bond motifs is 7. The van der Waals surface area contributed by atoms with E-state index in [4.69, 9.17) is 0 Å². The van der Waals surface area contributed by atoms with Gasteiger partial charge in [0.25, 0.3) is 0 Å². The molecule has 0 amide bonds. The first-order valence-electron chi connectivity index (χ1n) is 13.8. The van der Waals surface area contributed by atoms with Gasteiger partial charge in [0.2, 0.25) is 0 Å². The lowest BCUT2D eigenvalue weighted by Crippen LogP contribution is -2.68. The molecule has 190 valence electrons. The highest BCUT2D eigenvalue weighted by molar-refractivity contribution is 5.96. The van der Waals surface area contributed by atoms with Gasteiger partial charge in [-0.3, -0.25) is 9.59 Å². The summed E-state index contributed by atoms with van der Waals surface area (Å²) in [5.74, 6) is 0.656. The maximum Gasteiger partial charge on any atom is 0.312 e. The van der Waals surface area contributed by atoms with Crippen molar-refractivity contribution in [2.75, 3.05) is 0 Å². The second-order valence-corrected chi connectivity index (χ2v) is 14.4. The summed E-state index contributed by atoms with van der Waals surface area (Å²) in [6.45, 7) is 16.0. The van der Waals surface area contributed by atoms with E-state index in [1.165, 1.54) is 24.8 Å². The number of carbonyl (C=O) groups is 2. The van der Waals surface area contributed by atoms with Crippen LogP contribution in [0.4, 0.5) is 0 Å². The van der Waals surface area contributed by atoms with E-state index in [0.29, 0.717) is 24.2 Å². The Balaban J connectivity index is 1.65. The lowest BCUT2D eigenvalue weighted by Gasteiger charge is -2.70.